The van der Waals surface area contributed by atoms with Crippen LogP contribution in [0, 0.1) is 5.92 Å². The molecule has 3 atom stereocenters. The summed E-state index contributed by atoms with van der Waals surface area (Å²) in [6.45, 7) is 30.1. The first kappa shape index (κ1) is 25.6. The van der Waals surface area contributed by atoms with Crippen molar-refractivity contribution < 1.29 is 13.6 Å². The van der Waals surface area contributed by atoms with Gasteiger partial charge in [0.1, 0.15) is 0 Å². The average molecular weight is 452 g/mol. The summed E-state index contributed by atoms with van der Waals surface area (Å²) in [6.07, 6.45) is 3.13. The Kier molecular flexibility index (Phi) is 7.11. The van der Waals surface area contributed by atoms with Gasteiger partial charge in [0.15, 0.2) is 16.6 Å². The van der Waals surface area contributed by atoms with Crippen molar-refractivity contribution in [2.45, 2.75) is 103 Å². The van der Waals surface area contributed by atoms with Crippen LogP contribution in [0.15, 0.2) is 23.8 Å². The fraction of sp³-hybridized carbons (Fsp3) is 0.792. The Balaban J connectivity index is 1.99. The lowest BCUT2D eigenvalue weighted by Crippen LogP contribution is -2.66. The first-order chi connectivity index (χ1) is 13.4. The number of carbonyl (C=O) groups excluding carboxylic acids is 1. The molecule has 0 bridgehead atoms. The zero-order valence-corrected chi connectivity index (χ0v) is 23.3. The number of amides is 1. The fourth-order valence-corrected chi connectivity index (χ4v) is 6.07. The summed E-state index contributed by atoms with van der Waals surface area (Å²) in [5.74, 6) is 0.212. The highest BCUT2D eigenvalue weighted by Gasteiger charge is 2.53. The van der Waals surface area contributed by atoms with Crippen LogP contribution in [-0.4, -0.2) is 52.7 Å². The van der Waals surface area contributed by atoms with Crippen molar-refractivity contribution in [3.8, 4) is 0 Å². The second-order valence-corrected chi connectivity index (χ2v) is 21.8. The van der Waals surface area contributed by atoms with Gasteiger partial charge >= 0.3 is 0 Å². The summed E-state index contributed by atoms with van der Waals surface area (Å²) < 4.78 is 12.9. The number of rotatable bonds is 7. The molecular weight excluding hydrogens is 406 g/mol. The molecule has 6 heteroatoms. The molecule has 0 unspecified atom stereocenters. The van der Waals surface area contributed by atoms with Crippen LogP contribution in [0.5, 0.6) is 0 Å². The van der Waals surface area contributed by atoms with Gasteiger partial charge in [0.25, 0.3) is 0 Å². The van der Waals surface area contributed by atoms with Gasteiger partial charge in [-0.2, -0.15) is 0 Å². The van der Waals surface area contributed by atoms with Crippen LogP contribution >= 0.6 is 0 Å². The van der Waals surface area contributed by atoms with E-state index in [9.17, 15) is 4.79 Å². The van der Waals surface area contributed by atoms with Gasteiger partial charge in [0.2, 0.25) is 5.91 Å². The second-order valence-electron chi connectivity index (χ2n) is 12.3. The van der Waals surface area contributed by atoms with Crippen molar-refractivity contribution in [3.63, 3.8) is 0 Å². The van der Waals surface area contributed by atoms with Crippen LogP contribution in [0.2, 0.25) is 36.3 Å². The summed E-state index contributed by atoms with van der Waals surface area (Å²) in [5.41, 5.74) is 2.18. The maximum Gasteiger partial charge on any atom is 0.230 e. The van der Waals surface area contributed by atoms with Gasteiger partial charge in [-0.25, -0.2) is 0 Å². The van der Waals surface area contributed by atoms with E-state index in [-0.39, 0.29) is 34.0 Å². The Bertz CT molecular complexity index is 713. The highest BCUT2D eigenvalue weighted by molar-refractivity contribution is 6.74. The van der Waals surface area contributed by atoms with Crippen molar-refractivity contribution in [3.05, 3.63) is 23.8 Å². The van der Waals surface area contributed by atoms with Gasteiger partial charge in [-0.1, -0.05) is 54.2 Å². The number of hydrogen-bond acceptors (Lipinski definition) is 3. The minimum Gasteiger partial charge on any atom is -0.413 e. The van der Waals surface area contributed by atoms with Crippen LogP contribution in [0.1, 0.15) is 54.9 Å². The SMILES string of the molecule is C=C(CO[Si](C)(C)C(C)(C)C)C1=CC[C@@H]2[C@@H]([C@@H](C)O[Si](C)(C)C(C)(C)C)C(=O)N2C1. The predicted molar refractivity (Wildman–Crippen MR) is 132 cm³/mol. The Hall–Kier alpha value is -0.696. The Morgan fingerprint density at radius 2 is 1.67 bits per heavy atom. The van der Waals surface area contributed by atoms with E-state index in [1.807, 2.05) is 4.90 Å². The molecule has 30 heavy (non-hydrogen) atoms. The van der Waals surface area contributed by atoms with Gasteiger partial charge in [-0.3, -0.25) is 4.79 Å². The lowest BCUT2D eigenvalue weighted by atomic mass is 9.78. The molecule has 0 aromatic rings. The molecule has 0 radical (unpaired) electrons. The van der Waals surface area contributed by atoms with Crippen LogP contribution in [0.25, 0.3) is 0 Å². The van der Waals surface area contributed by atoms with Crippen molar-refractivity contribution >= 4 is 22.5 Å². The van der Waals surface area contributed by atoms with E-state index < -0.39 is 16.6 Å². The van der Waals surface area contributed by atoms with Gasteiger partial charge < -0.3 is 13.8 Å². The molecule has 172 valence electrons. The molecule has 2 heterocycles. The lowest BCUT2D eigenvalue weighted by molar-refractivity contribution is -0.162. The largest absolute Gasteiger partial charge is 0.413 e. The summed E-state index contributed by atoms with van der Waals surface area (Å²) in [4.78, 5) is 15.0. The van der Waals surface area contributed by atoms with E-state index in [1.54, 1.807) is 0 Å². The number of carbonyl (C=O) groups is 1. The van der Waals surface area contributed by atoms with Gasteiger partial charge in [0.05, 0.1) is 18.6 Å². The van der Waals surface area contributed by atoms with Crippen molar-refractivity contribution in [1.29, 1.82) is 0 Å². The van der Waals surface area contributed by atoms with Crippen LogP contribution < -0.4 is 0 Å². The predicted octanol–water partition coefficient (Wildman–Crippen LogP) is 6.13. The maximum absolute atomic E-state index is 13.0. The van der Waals surface area contributed by atoms with E-state index in [4.69, 9.17) is 8.85 Å². The summed E-state index contributed by atoms with van der Waals surface area (Å²) in [7, 11) is -3.69. The normalized spacial score (nSPS) is 24.2. The molecular formula is C24H45NO3Si2. The molecule has 0 spiro atoms. The third kappa shape index (κ3) is 5.03. The zero-order chi connectivity index (χ0) is 23.3. The monoisotopic (exact) mass is 451 g/mol. The first-order valence-corrected chi connectivity index (χ1v) is 17.2. The first-order valence-electron chi connectivity index (χ1n) is 11.4. The van der Waals surface area contributed by atoms with E-state index >= 15 is 0 Å². The molecule has 1 amide bonds. The number of β-lactam (4-membered cyclic amide) rings is 1. The molecule has 0 N–H and O–H groups in total. The molecule has 0 saturated carbocycles. The average Bonchev–Trinajstić information content (AvgIpc) is 2.56. The third-order valence-electron chi connectivity index (χ3n) is 7.99. The molecule has 2 aliphatic rings. The summed E-state index contributed by atoms with van der Waals surface area (Å²) in [5, 5.41) is 0.329. The van der Waals surface area contributed by atoms with Gasteiger partial charge in [-0.15, -0.1) is 0 Å². The Labute approximate surface area is 187 Å². The van der Waals surface area contributed by atoms with Gasteiger partial charge in [-0.05, 0) is 60.8 Å². The molecule has 1 fully saturated rings. The molecule has 4 nitrogen and oxygen atoms in total. The molecule has 1 saturated heterocycles. The maximum atomic E-state index is 13.0. The highest BCUT2D eigenvalue weighted by atomic mass is 28.4. The topological polar surface area (TPSA) is 38.8 Å². The standard InChI is InChI=1S/C24H45NO3Si2/c1-17(16-27-29(9,10)23(3,4)5)19-13-14-20-21(22(26)25(20)15-19)18(2)28-30(11,12)24(6,7)8/h13,18,20-21H,1,14-16H2,2-12H3/t18-,20-,21-/m1/s1. The molecule has 0 aromatic heterocycles. The van der Waals surface area contributed by atoms with Crippen molar-refractivity contribution in [2.75, 3.05) is 13.2 Å². The van der Waals surface area contributed by atoms with Crippen molar-refractivity contribution in [2.24, 2.45) is 5.92 Å². The molecule has 2 rings (SSSR count). The molecule has 2 aliphatic heterocycles. The highest BCUT2D eigenvalue weighted by Crippen LogP contribution is 2.43. The molecule has 0 aliphatic carbocycles. The number of fused-ring (bicyclic) bond motifs is 1. The quantitative estimate of drug-likeness (QED) is 0.345. The lowest BCUT2D eigenvalue weighted by Gasteiger charge is -2.53. The smallest absolute Gasteiger partial charge is 0.230 e. The zero-order valence-electron chi connectivity index (χ0n) is 21.3. The van der Waals surface area contributed by atoms with Crippen LogP contribution in [0.4, 0.5) is 0 Å². The van der Waals surface area contributed by atoms with Crippen molar-refractivity contribution in [1.82, 2.24) is 4.90 Å². The van der Waals surface area contributed by atoms with Crippen LogP contribution in [-0.2, 0) is 13.6 Å². The van der Waals surface area contributed by atoms with Crippen LogP contribution in [0.3, 0.4) is 0 Å². The summed E-state index contributed by atoms with van der Waals surface area (Å²) in [6, 6.07) is 0.259. The summed E-state index contributed by atoms with van der Waals surface area (Å²) >= 11 is 0. The fourth-order valence-electron chi connectivity index (χ4n) is 3.67. The van der Waals surface area contributed by atoms with Gasteiger partial charge in [0, 0.05) is 12.6 Å². The molecule has 0 aromatic carbocycles. The van der Waals surface area contributed by atoms with E-state index in [0.717, 1.165) is 17.6 Å². The number of hydrogen-bond donors (Lipinski definition) is 0. The van der Waals surface area contributed by atoms with E-state index in [2.05, 4.69) is 87.3 Å². The number of nitrogens with zero attached hydrogens (tertiary/aromatic N) is 1. The Morgan fingerprint density at radius 1 is 1.13 bits per heavy atom. The minimum atomic E-state index is -1.89. The minimum absolute atomic E-state index is 0.0197. The second kappa shape index (κ2) is 8.34. The van der Waals surface area contributed by atoms with E-state index in [0.29, 0.717) is 13.2 Å². The third-order valence-corrected chi connectivity index (χ3v) is 17.0. The van der Waals surface area contributed by atoms with E-state index in [1.165, 1.54) is 0 Å². The Morgan fingerprint density at radius 3 is 2.17 bits per heavy atom.